The van der Waals surface area contributed by atoms with Crippen molar-refractivity contribution < 1.29 is 4.52 Å². The van der Waals surface area contributed by atoms with Crippen LogP contribution in [0.1, 0.15) is 17.6 Å². The first-order valence-corrected chi connectivity index (χ1v) is 7.00. The van der Waals surface area contributed by atoms with Crippen molar-refractivity contribution in [3.05, 3.63) is 17.7 Å². The van der Waals surface area contributed by atoms with Gasteiger partial charge in [-0.25, -0.2) is 0 Å². The van der Waals surface area contributed by atoms with E-state index >= 15 is 0 Å². The van der Waals surface area contributed by atoms with E-state index in [1.54, 1.807) is 0 Å². The van der Waals surface area contributed by atoms with E-state index in [1.807, 2.05) is 17.8 Å². The zero-order chi connectivity index (χ0) is 13.2. The highest BCUT2D eigenvalue weighted by Crippen LogP contribution is 2.28. The summed E-state index contributed by atoms with van der Waals surface area (Å²) in [7, 11) is 2.05. The Morgan fingerprint density at radius 2 is 2.53 bits per heavy atom. The maximum atomic E-state index is 8.94. The second-order valence-electron chi connectivity index (χ2n) is 4.30. The molecule has 1 N–H and O–H groups in total. The van der Waals surface area contributed by atoms with E-state index in [1.165, 1.54) is 6.20 Å². The average Bonchev–Trinajstić information content (AvgIpc) is 3.07. The van der Waals surface area contributed by atoms with Crippen LogP contribution in [-0.4, -0.2) is 50.3 Å². The molecule has 1 fully saturated rings. The van der Waals surface area contributed by atoms with E-state index in [0.29, 0.717) is 23.0 Å². The fourth-order valence-electron chi connectivity index (χ4n) is 1.97. The van der Waals surface area contributed by atoms with Crippen LogP contribution in [0.25, 0.3) is 11.5 Å². The monoisotopic (exact) mass is 276 g/mol. The van der Waals surface area contributed by atoms with Gasteiger partial charge in [0.15, 0.2) is 5.82 Å². The third-order valence-corrected chi connectivity index (χ3v) is 4.14. The van der Waals surface area contributed by atoms with Gasteiger partial charge in [-0.3, -0.25) is 10.00 Å². The van der Waals surface area contributed by atoms with Gasteiger partial charge in [-0.05, 0) is 7.05 Å². The molecule has 1 aliphatic heterocycles. The average molecular weight is 276 g/mol. The van der Waals surface area contributed by atoms with Crippen LogP contribution in [0.3, 0.4) is 0 Å². The van der Waals surface area contributed by atoms with Gasteiger partial charge in [0.2, 0.25) is 0 Å². The highest BCUT2D eigenvalue weighted by molar-refractivity contribution is 7.99. The summed E-state index contributed by atoms with van der Waals surface area (Å²) in [5.41, 5.74) is 0.883. The van der Waals surface area contributed by atoms with Gasteiger partial charge in [-0.15, -0.1) is 0 Å². The van der Waals surface area contributed by atoms with Crippen LogP contribution >= 0.6 is 11.8 Å². The highest BCUT2D eigenvalue weighted by Gasteiger charge is 2.26. The number of hydrogen-bond donors (Lipinski definition) is 1. The fourth-order valence-corrected chi connectivity index (χ4v) is 3.18. The first-order valence-electron chi connectivity index (χ1n) is 5.85. The summed E-state index contributed by atoms with van der Waals surface area (Å²) in [6.07, 6.45) is 1.52. The topological polar surface area (TPSA) is 94.6 Å². The minimum atomic E-state index is 0.161. The third-order valence-electron chi connectivity index (χ3n) is 3.12. The van der Waals surface area contributed by atoms with Crippen LogP contribution in [0.2, 0.25) is 0 Å². The molecule has 0 aliphatic carbocycles. The molecule has 1 unspecified atom stereocenters. The SMILES string of the molecule is CN1CCSCC1c1noc(-c2cn[nH]c2C#N)n1. The highest BCUT2D eigenvalue weighted by atomic mass is 32.2. The van der Waals surface area contributed by atoms with Crippen molar-refractivity contribution in [2.75, 3.05) is 25.1 Å². The maximum absolute atomic E-state index is 8.94. The molecule has 0 saturated carbocycles. The normalized spacial score (nSPS) is 20.3. The minimum absolute atomic E-state index is 0.161. The van der Waals surface area contributed by atoms with E-state index in [0.717, 1.165) is 18.1 Å². The number of hydrogen-bond acceptors (Lipinski definition) is 7. The lowest BCUT2D eigenvalue weighted by atomic mass is 10.2. The van der Waals surface area contributed by atoms with Gasteiger partial charge < -0.3 is 4.52 Å². The van der Waals surface area contributed by atoms with Gasteiger partial charge in [0, 0.05) is 18.1 Å². The Morgan fingerprint density at radius 3 is 3.32 bits per heavy atom. The van der Waals surface area contributed by atoms with Crippen molar-refractivity contribution in [3.63, 3.8) is 0 Å². The van der Waals surface area contributed by atoms with Crippen LogP contribution in [0.15, 0.2) is 10.7 Å². The van der Waals surface area contributed by atoms with Crippen LogP contribution < -0.4 is 0 Å². The number of nitrogens with zero attached hydrogens (tertiary/aromatic N) is 5. The van der Waals surface area contributed by atoms with Crippen molar-refractivity contribution in [2.45, 2.75) is 6.04 Å². The number of aromatic nitrogens is 4. The van der Waals surface area contributed by atoms with E-state index in [2.05, 4.69) is 32.3 Å². The molecule has 8 heteroatoms. The molecule has 19 heavy (non-hydrogen) atoms. The van der Waals surface area contributed by atoms with E-state index < -0.39 is 0 Å². The third kappa shape index (κ3) is 2.22. The van der Waals surface area contributed by atoms with Crippen molar-refractivity contribution in [1.29, 1.82) is 5.26 Å². The summed E-state index contributed by atoms with van der Waals surface area (Å²) in [6.45, 7) is 1.01. The molecular formula is C11H12N6OS. The lowest BCUT2D eigenvalue weighted by Gasteiger charge is -2.29. The lowest BCUT2D eigenvalue weighted by Crippen LogP contribution is -2.33. The smallest absolute Gasteiger partial charge is 0.262 e. The number of aromatic amines is 1. The Kier molecular flexibility index (Phi) is 3.23. The van der Waals surface area contributed by atoms with Crippen molar-refractivity contribution in [1.82, 2.24) is 25.2 Å². The predicted molar refractivity (Wildman–Crippen MR) is 69.3 cm³/mol. The second-order valence-corrected chi connectivity index (χ2v) is 5.45. The van der Waals surface area contributed by atoms with Crippen LogP contribution in [-0.2, 0) is 0 Å². The maximum Gasteiger partial charge on any atom is 0.262 e. The summed E-state index contributed by atoms with van der Waals surface area (Å²) in [5.74, 6) is 3.07. The Balaban J connectivity index is 1.89. The Bertz CT molecular complexity index is 615. The number of thioether (sulfide) groups is 1. The Labute approximate surface area is 114 Å². The minimum Gasteiger partial charge on any atom is -0.334 e. The van der Waals surface area contributed by atoms with Crippen LogP contribution in [0, 0.1) is 11.3 Å². The molecular weight excluding hydrogens is 264 g/mol. The molecule has 0 bridgehead atoms. The molecule has 1 atom stereocenters. The van der Waals surface area contributed by atoms with E-state index in [4.69, 9.17) is 9.78 Å². The summed E-state index contributed by atoms with van der Waals surface area (Å²) in [5, 5.41) is 19.4. The first-order chi connectivity index (χ1) is 9.29. The molecule has 2 aromatic heterocycles. The number of H-pyrrole nitrogens is 1. The van der Waals surface area contributed by atoms with Gasteiger partial charge >= 0.3 is 0 Å². The van der Waals surface area contributed by atoms with Gasteiger partial charge in [0.1, 0.15) is 11.8 Å². The summed E-state index contributed by atoms with van der Waals surface area (Å²) < 4.78 is 5.24. The number of nitrogens with one attached hydrogen (secondary N) is 1. The molecule has 2 aromatic rings. The van der Waals surface area contributed by atoms with Crippen molar-refractivity contribution >= 4 is 11.8 Å². The Morgan fingerprint density at radius 1 is 1.63 bits per heavy atom. The predicted octanol–water partition coefficient (Wildman–Crippen LogP) is 1.05. The number of nitriles is 1. The molecule has 0 aromatic carbocycles. The summed E-state index contributed by atoms with van der Waals surface area (Å²) in [4.78, 5) is 6.61. The summed E-state index contributed by atoms with van der Waals surface area (Å²) in [6, 6.07) is 2.17. The van der Waals surface area contributed by atoms with Crippen LogP contribution in [0.4, 0.5) is 0 Å². The molecule has 3 heterocycles. The standard InChI is InChI=1S/C11H12N6OS/c1-17-2-3-19-6-9(17)10-14-11(18-16-10)7-5-13-15-8(7)4-12/h5,9H,2-3,6H2,1H3,(H,13,15). The van der Waals surface area contributed by atoms with Crippen LogP contribution in [0.5, 0.6) is 0 Å². The quantitative estimate of drug-likeness (QED) is 0.876. The first kappa shape index (κ1) is 12.2. The largest absolute Gasteiger partial charge is 0.334 e. The van der Waals surface area contributed by atoms with Crippen molar-refractivity contribution in [3.8, 4) is 17.5 Å². The Hall–Kier alpha value is -1.85. The molecule has 0 spiro atoms. The van der Waals surface area contributed by atoms with E-state index in [-0.39, 0.29) is 6.04 Å². The van der Waals surface area contributed by atoms with Gasteiger partial charge in [0.05, 0.1) is 17.8 Å². The molecule has 0 amide bonds. The van der Waals surface area contributed by atoms with Gasteiger partial charge in [-0.1, -0.05) is 5.16 Å². The summed E-state index contributed by atoms with van der Waals surface area (Å²) >= 11 is 1.88. The molecule has 3 rings (SSSR count). The molecule has 7 nitrogen and oxygen atoms in total. The zero-order valence-electron chi connectivity index (χ0n) is 10.3. The fraction of sp³-hybridized carbons (Fsp3) is 0.455. The lowest BCUT2D eigenvalue weighted by molar-refractivity contribution is 0.257. The molecule has 0 radical (unpaired) electrons. The van der Waals surface area contributed by atoms with Gasteiger partial charge in [-0.2, -0.15) is 27.1 Å². The second kappa shape index (κ2) is 5.03. The van der Waals surface area contributed by atoms with Crippen molar-refractivity contribution in [2.24, 2.45) is 0 Å². The zero-order valence-corrected chi connectivity index (χ0v) is 11.1. The number of rotatable bonds is 2. The molecule has 1 aliphatic rings. The molecule has 98 valence electrons. The molecule has 1 saturated heterocycles. The van der Waals surface area contributed by atoms with Gasteiger partial charge in [0.25, 0.3) is 5.89 Å². The van der Waals surface area contributed by atoms with E-state index in [9.17, 15) is 0 Å².